The molecule has 0 spiro atoms. The van der Waals surface area contributed by atoms with E-state index in [2.05, 4.69) is 44.5 Å². The van der Waals surface area contributed by atoms with E-state index in [1.54, 1.807) is 6.33 Å². The average Bonchev–Trinajstić information content (AvgIpc) is 3.00. The van der Waals surface area contributed by atoms with Gasteiger partial charge in [0.05, 0.1) is 12.6 Å². The second kappa shape index (κ2) is 5.93. The predicted octanol–water partition coefficient (Wildman–Crippen LogP) is 2.59. The Labute approximate surface area is 130 Å². The predicted molar refractivity (Wildman–Crippen MR) is 85.8 cm³/mol. The van der Waals surface area contributed by atoms with Gasteiger partial charge in [-0.3, -0.25) is 0 Å². The SMILES string of the molecule is c1ccc2c(c1)CN(c1cc(N[C@H]3CCCOC3)ncn1)C2. The molecule has 1 N–H and O–H groups in total. The molecule has 2 aliphatic rings. The molecule has 1 atom stereocenters. The summed E-state index contributed by atoms with van der Waals surface area (Å²) in [6.45, 7) is 3.46. The first-order valence-electron chi connectivity index (χ1n) is 7.86. The van der Waals surface area contributed by atoms with E-state index in [1.165, 1.54) is 11.1 Å². The number of benzene rings is 1. The lowest BCUT2D eigenvalue weighted by Crippen LogP contribution is -2.30. The Kier molecular flexibility index (Phi) is 3.64. The van der Waals surface area contributed by atoms with Gasteiger partial charge in [0.25, 0.3) is 0 Å². The van der Waals surface area contributed by atoms with Gasteiger partial charge in [-0.05, 0) is 24.0 Å². The highest BCUT2D eigenvalue weighted by atomic mass is 16.5. The van der Waals surface area contributed by atoms with Gasteiger partial charge in [0.15, 0.2) is 0 Å². The fourth-order valence-electron chi connectivity index (χ4n) is 3.16. The van der Waals surface area contributed by atoms with Crippen LogP contribution >= 0.6 is 0 Å². The first-order chi connectivity index (χ1) is 10.9. The first kappa shape index (κ1) is 13.5. The Balaban J connectivity index is 1.48. The van der Waals surface area contributed by atoms with Crippen LogP contribution < -0.4 is 10.2 Å². The van der Waals surface area contributed by atoms with Crippen molar-refractivity contribution in [2.24, 2.45) is 0 Å². The van der Waals surface area contributed by atoms with Gasteiger partial charge in [-0.15, -0.1) is 0 Å². The highest BCUT2D eigenvalue weighted by Crippen LogP contribution is 2.27. The molecular weight excluding hydrogens is 276 g/mol. The number of ether oxygens (including phenoxy) is 1. The summed E-state index contributed by atoms with van der Waals surface area (Å²) in [5.74, 6) is 1.86. The van der Waals surface area contributed by atoms with Crippen LogP contribution in [0, 0.1) is 0 Å². The summed E-state index contributed by atoms with van der Waals surface area (Å²) in [6, 6.07) is 11.0. The molecule has 3 heterocycles. The van der Waals surface area contributed by atoms with Crippen LogP contribution in [0.15, 0.2) is 36.7 Å². The number of nitrogens with one attached hydrogen (secondary N) is 1. The van der Waals surface area contributed by atoms with E-state index >= 15 is 0 Å². The number of fused-ring (bicyclic) bond motifs is 1. The highest BCUT2D eigenvalue weighted by Gasteiger charge is 2.20. The molecule has 1 saturated heterocycles. The topological polar surface area (TPSA) is 50.3 Å². The Morgan fingerprint density at radius 1 is 1.14 bits per heavy atom. The number of aromatic nitrogens is 2. The molecule has 0 aliphatic carbocycles. The molecule has 1 aromatic heterocycles. The Morgan fingerprint density at radius 3 is 2.68 bits per heavy atom. The summed E-state index contributed by atoms with van der Waals surface area (Å²) < 4.78 is 5.51. The van der Waals surface area contributed by atoms with E-state index < -0.39 is 0 Å². The van der Waals surface area contributed by atoms with Crippen molar-refractivity contribution >= 4 is 11.6 Å². The van der Waals surface area contributed by atoms with Crippen LogP contribution in [0.25, 0.3) is 0 Å². The van der Waals surface area contributed by atoms with E-state index in [0.29, 0.717) is 6.04 Å². The second-order valence-electron chi connectivity index (χ2n) is 5.94. The standard InChI is InChI=1S/C17H20N4O/c1-2-5-14-10-21(9-13(14)4-1)17-8-16(18-12-19-17)20-15-6-3-7-22-11-15/h1-2,4-5,8,12,15H,3,6-7,9-11H2,(H,18,19,20)/t15-/m0/s1. The summed E-state index contributed by atoms with van der Waals surface area (Å²) >= 11 is 0. The van der Waals surface area contributed by atoms with Gasteiger partial charge in [-0.1, -0.05) is 24.3 Å². The van der Waals surface area contributed by atoms with Crippen LogP contribution in [-0.4, -0.2) is 29.2 Å². The maximum absolute atomic E-state index is 5.51. The third-order valence-corrected chi connectivity index (χ3v) is 4.33. The molecule has 2 aromatic rings. The third-order valence-electron chi connectivity index (χ3n) is 4.33. The molecular formula is C17H20N4O. The lowest BCUT2D eigenvalue weighted by molar-refractivity contribution is 0.0875. The zero-order valence-corrected chi connectivity index (χ0v) is 12.5. The van der Waals surface area contributed by atoms with Crippen molar-refractivity contribution < 1.29 is 4.74 Å². The lowest BCUT2D eigenvalue weighted by atomic mass is 10.1. The molecule has 0 bridgehead atoms. The van der Waals surface area contributed by atoms with Crippen LogP contribution in [0.5, 0.6) is 0 Å². The molecule has 114 valence electrons. The van der Waals surface area contributed by atoms with Crippen LogP contribution in [0.2, 0.25) is 0 Å². The molecule has 5 heteroatoms. The van der Waals surface area contributed by atoms with Crippen molar-refractivity contribution in [1.29, 1.82) is 0 Å². The third kappa shape index (κ3) is 2.76. The van der Waals surface area contributed by atoms with E-state index in [1.807, 2.05) is 6.07 Å². The summed E-state index contributed by atoms with van der Waals surface area (Å²) in [7, 11) is 0. The largest absolute Gasteiger partial charge is 0.379 e. The van der Waals surface area contributed by atoms with Crippen LogP contribution in [0.4, 0.5) is 11.6 Å². The van der Waals surface area contributed by atoms with Gasteiger partial charge in [-0.2, -0.15) is 0 Å². The van der Waals surface area contributed by atoms with Crippen LogP contribution in [0.1, 0.15) is 24.0 Å². The van der Waals surface area contributed by atoms with E-state index in [-0.39, 0.29) is 0 Å². The molecule has 22 heavy (non-hydrogen) atoms. The minimum absolute atomic E-state index is 0.354. The summed E-state index contributed by atoms with van der Waals surface area (Å²) in [6.07, 6.45) is 3.88. The Bertz CT molecular complexity index is 630. The highest BCUT2D eigenvalue weighted by molar-refractivity contribution is 5.52. The van der Waals surface area contributed by atoms with Crippen molar-refractivity contribution in [3.05, 3.63) is 47.8 Å². The van der Waals surface area contributed by atoms with Gasteiger partial charge in [0, 0.05) is 25.8 Å². The molecule has 2 aliphatic heterocycles. The fourth-order valence-corrected chi connectivity index (χ4v) is 3.16. The van der Waals surface area contributed by atoms with Crippen molar-refractivity contribution in [2.45, 2.75) is 32.0 Å². The smallest absolute Gasteiger partial charge is 0.134 e. The van der Waals surface area contributed by atoms with Crippen molar-refractivity contribution in [3.63, 3.8) is 0 Å². The Morgan fingerprint density at radius 2 is 1.95 bits per heavy atom. The minimum Gasteiger partial charge on any atom is -0.379 e. The second-order valence-corrected chi connectivity index (χ2v) is 5.94. The normalized spacial score (nSPS) is 20.7. The summed E-state index contributed by atoms with van der Waals surface area (Å²) in [4.78, 5) is 11.1. The number of hydrogen-bond acceptors (Lipinski definition) is 5. The van der Waals surface area contributed by atoms with Crippen LogP contribution in [0.3, 0.4) is 0 Å². The molecule has 0 amide bonds. The number of nitrogens with zero attached hydrogens (tertiary/aromatic N) is 3. The fraction of sp³-hybridized carbons (Fsp3) is 0.412. The maximum atomic E-state index is 5.51. The minimum atomic E-state index is 0.354. The number of hydrogen-bond donors (Lipinski definition) is 1. The van der Waals surface area contributed by atoms with Crippen LogP contribution in [-0.2, 0) is 17.8 Å². The Hall–Kier alpha value is -2.14. The number of anilines is 2. The number of rotatable bonds is 3. The molecule has 1 fully saturated rings. The van der Waals surface area contributed by atoms with Gasteiger partial charge >= 0.3 is 0 Å². The molecule has 0 saturated carbocycles. The lowest BCUT2D eigenvalue weighted by Gasteiger charge is -2.24. The zero-order chi connectivity index (χ0) is 14.8. The van der Waals surface area contributed by atoms with E-state index in [4.69, 9.17) is 4.74 Å². The maximum Gasteiger partial charge on any atom is 0.134 e. The average molecular weight is 296 g/mol. The van der Waals surface area contributed by atoms with Gasteiger partial charge < -0.3 is 15.0 Å². The monoisotopic (exact) mass is 296 g/mol. The van der Waals surface area contributed by atoms with Gasteiger partial charge in [-0.25, -0.2) is 9.97 Å². The van der Waals surface area contributed by atoms with E-state index in [9.17, 15) is 0 Å². The van der Waals surface area contributed by atoms with Crippen molar-refractivity contribution in [3.8, 4) is 0 Å². The molecule has 0 radical (unpaired) electrons. The first-order valence-corrected chi connectivity index (χ1v) is 7.86. The van der Waals surface area contributed by atoms with Gasteiger partial charge in [0.2, 0.25) is 0 Å². The molecule has 1 aromatic carbocycles. The van der Waals surface area contributed by atoms with Crippen molar-refractivity contribution in [1.82, 2.24) is 9.97 Å². The molecule has 5 nitrogen and oxygen atoms in total. The summed E-state index contributed by atoms with van der Waals surface area (Å²) in [5.41, 5.74) is 2.77. The summed E-state index contributed by atoms with van der Waals surface area (Å²) in [5, 5.41) is 3.46. The van der Waals surface area contributed by atoms with Gasteiger partial charge in [0.1, 0.15) is 18.0 Å². The molecule has 0 unspecified atom stereocenters. The quantitative estimate of drug-likeness (QED) is 0.943. The molecule has 4 rings (SSSR count). The van der Waals surface area contributed by atoms with Crippen molar-refractivity contribution in [2.75, 3.05) is 23.4 Å². The zero-order valence-electron chi connectivity index (χ0n) is 12.5. The van der Waals surface area contributed by atoms with E-state index in [0.717, 1.165) is 50.8 Å².